The molecule has 1 amide bonds. The van der Waals surface area contributed by atoms with Gasteiger partial charge in [0.1, 0.15) is 0 Å². The monoisotopic (exact) mass is 212 g/mol. The Hall–Kier alpha value is -0.870. The van der Waals surface area contributed by atoms with Crippen molar-refractivity contribution in [1.82, 2.24) is 4.90 Å². The summed E-state index contributed by atoms with van der Waals surface area (Å²) >= 11 is 1.48. The first-order valence-corrected chi connectivity index (χ1v) is 5.62. The van der Waals surface area contributed by atoms with Crippen molar-refractivity contribution in [3.63, 3.8) is 0 Å². The molecule has 0 atom stereocenters. The highest BCUT2D eigenvalue weighted by atomic mass is 32.1. The lowest BCUT2D eigenvalue weighted by Gasteiger charge is -2.17. The molecule has 0 radical (unpaired) electrons. The van der Waals surface area contributed by atoms with Crippen LogP contribution in [0.1, 0.15) is 28.4 Å². The quantitative estimate of drug-likeness (QED) is 0.825. The lowest BCUT2D eigenvalue weighted by atomic mass is 10.3. The van der Waals surface area contributed by atoms with Crippen LogP contribution in [0.15, 0.2) is 12.1 Å². The van der Waals surface area contributed by atoms with Gasteiger partial charge in [-0.1, -0.05) is 0 Å². The Bertz CT molecular complexity index is 305. The molecule has 0 unspecified atom stereocenters. The SMILES string of the molecule is CCN(CC)C(=O)c1ccc(CN)s1. The third-order valence-corrected chi connectivity index (χ3v) is 3.22. The van der Waals surface area contributed by atoms with E-state index in [9.17, 15) is 4.79 Å². The van der Waals surface area contributed by atoms with E-state index >= 15 is 0 Å². The van der Waals surface area contributed by atoms with Gasteiger partial charge in [0.2, 0.25) is 0 Å². The average molecular weight is 212 g/mol. The summed E-state index contributed by atoms with van der Waals surface area (Å²) in [6.45, 7) is 5.99. The second-order valence-corrected chi connectivity index (χ2v) is 4.12. The number of carbonyl (C=O) groups is 1. The highest BCUT2D eigenvalue weighted by molar-refractivity contribution is 7.14. The summed E-state index contributed by atoms with van der Waals surface area (Å²) in [6.07, 6.45) is 0. The Balaban J connectivity index is 2.77. The molecule has 0 saturated carbocycles. The number of amides is 1. The van der Waals surface area contributed by atoms with Crippen molar-refractivity contribution in [2.45, 2.75) is 20.4 Å². The average Bonchev–Trinajstić information content (AvgIpc) is 2.67. The molecule has 0 saturated heterocycles. The van der Waals surface area contributed by atoms with E-state index in [0.29, 0.717) is 6.54 Å². The molecule has 0 aliphatic carbocycles. The van der Waals surface area contributed by atoms with E-state index in [4.69, 9.17) is 5.73 Å². The molecule has 1 aromatic rings. The van der Waals surface area contributed by atoms with Crippen LogP contribution in [-0.4, -0.2) is 23.9 Å². The number of hydrogen-bond donors (Lipinski definition) is 1. The summed E-state index contributed by atoms with van der Waals surface area (Å²) in [4.78, 5) is 15.5. The molecule has 0 aromatic carbocycles. The molecule has 2 N–H and O–H groups in total. The zero-order valence-corrected chi connectivity index (χ0v) is 9.43. The van der Waals surface area contributed by atoms with E-state index in [1.54, 1.807) is 0 Å². The van der Waals surface area contributed by atoms with Crippen LogP contribution in [-0.2, 0) is 6.54 Å². The second-order valence-electron chi connectivity index (χ2n) is 2.95. The summed E-state index contributed by atoms with van der Waals surface area (Å²) in [5.74, 6) is 0.111. The fraction of sp³-hybridized carbons (Fsp3) is 0.500. The molecule has 78 valence electrons. The van der Waals surface area contributed by atoms with Crippen molar-refractivity contribution in [1.29, 1.82) is 0 Å². The first-order chi connectivity index (χ1) is 6.72. The summed E-state index contributed by atoms with van der Waals surface area (Å²) in [6, 6.07) is 3.77. The first-order valence-electron chi connectivity index (χ1n) is 4.81. The molecule has 3 nitrogen and oxygen atoms in total. The Morgan fingerprint density at radius 3 is 2.50 bits per heavy atom. The number of carbonyl (C=O) groups excluding carboxylic acids is 1. The van der Waals surface area contributed by atoms with Gasteiger partial charge in [-0.2, -0.15) is 0 Å². The molecular formula is C10H16N2OS. The van der Waals surface area contributed by atoms with Gasteiger partial charge in [-0.15, -0.1) is 11.3 Å². The highest BCUT2D eigenvalue weighted by Crippen LogP contribution is 2.17. The van der Waals surface area contributed by atoms with Crippen LogP contribution in [0.5, 0.6) is 0 Å². The van der Waals surface area contributed by atoms with Crippen LogP contribution in [0.25, 0.3) is 0 Å². The standard InChI is InChI=1S/C10H16N2OS/c1-3-12(4-2)10(13)9-6-5-8(7-11)14-9/h5-6H,3-4,7,11H2,1-2H3. The first kappa shape index (κ1) is 11.2. The minimum absolute atomic E-state index is 0.111. The van der Waals surface area contributed by atoms with Gasteiger partial charge in [-0.25, -0.2) is 0 Å². The zero-order valence-electron chi connectivity index (χ0n) is 8.62. The molecule has 0 aliphatic rings. The van der Waals surface area contributed by atoms with Crippen LogP contribution in [0.3, 0.4) is 0 Å². The summed E-state index contributed by atoms with van der Waals surface area (Å²) in [7, 11) is 0. The fourth-order valence-electron chi connectivity index (χ4n) is 1.27. The van der Waals surface area contributed by atoms with Gasteiger partial charge in [-0.3, -0.25) is 4.79 Å². The van der Waals surface area contributed by atoms with Gasteiger partial charge in [0.05, 0.1) is 4.88 Å². The van der Waals surface area contributed by atoms with E-state index in [1.807, 2.05) is 30.9 Å². The van der Waals surface area contributed by atoms with Gasteiger partial charge < -0.3 is 10.6 Å². The minimum Gasteiger partial charge on any atom is -0.339 e. The number of nitrogens with zero attached hydrogens (tertiary/aromatic N) is 1. The van der Waals surface area contributed by atoms with Gasteiger partial charge in [-0.05, 0) is 26.0 Å². The van der Waals surface area contributed by atoms with E-state index < -0.39 is 0 Å². The van der Waals surface area contributed by atoms with Crippen molar-refractivity contribution in [2.75, 3.05) is 13.1 Å². The molecular weight excluding hydrogens is 196 g/mol. The van der Waals surface area contributed by atoms with Crippen molar-refractivity contribution in [3.05, 3.63) is 21.9 Å². The van der Waals surface area contributed by atoms with Crippen molar-refractivity contribution in [3.8, 4) is 0 Å². The third-order valence-electron chi connectivity index (χ3n) is 2.12. The smallest absolute Gasteiger partial charge is 0.263 e. The van der Waals surface area contributed by atoms with Crippen molar-refractivity contribution >= 4 is 17.2 Å². The van der Waals surface area contributed by atoms with Crippen LogP contribution in [0.4, 0.5) is 0 Å². The van der Waals surface area contributed by atoms with E-state index in [-0.39, 0.29) is 5.91 Å². The molecule has 1 rings (SSSR count). The summed E-state index contributed by atoms with van der Waals surface area (Å²) in [5, 5.41) is 0. The third kappa shape index (κ3) is 2.33. The van der Waals surface area contributed by atoms with Crippen molar-refractivity contribution in [2.24, 2.45) is 5.73 Å². The molecule has 0 bridgehead atoms. The topological polar surface area (TPSA) is 46.3 Å². The molecule has 0 spiro atoms. The maximum Gasteiger partial charge on any atom is 0.263 e. The van der Waals surface area contributed by atoms with E-state index in [0.717, 1.165) is 22.8 Å². The molecule has 1 heterocycles. The van der Waals surface area contributed by atoms with Crippen LogP contribution < -0.4 is 5.73 Å². The van der Waals surface area contributed by atoms with Gasteiger partial charge >= 0.3 is 0 Å². The number of hydrogen-bond acceptors (Lipinski definition) is 3. The Kier molecular flexibility index (Phi) is 4.10. The maximum atomic E-state index is 11.8. The molecule has 1 aromatic heterocycles. The second kappa shape index (κ2) is 5.12. The largest absolute Gasteiger partial charge is 0.339 e. The number of nitrogens with two attached hydrogens (primary N) is 1. The van der Waals surface area contributed by atoms with E-state index in [1.165, 1.54) is 11.3 Å². The summed E-state index contributed by atoms with van der Waals surface area (Å²) < 4.78 is 0. The van der Waals surface area contributed by atoms with Gasteiger partial charge in [0.25, 0.3) is 5.91 Å². The predicted molar refractivity (Wildman–Crippen MR) is 59.5 cm³/mol. The lowest BCUT2D eigenvalue weighted by Crippen LogP contribution is -2.29. The van der Waals surface area contributed by atoms with Crippen molar-refractivity contribution < 1.29 is 4.79 Å². The molecule has 14 heavy (non-hydrogen) atoms. The van der Waals surface area contributed by atoms with Crippen LogP contribution in [0, 0.1) is 0 Å². The Labute approximate surface area is 88.5 Å². The lowest BCUT2D eigenvalue weighted by molar-refractivity contribution is 0.0778. The number of thiophene rings is 1. The Morgan fingerprint density at radius 2 is 2.07 bits per heavy atom. The molecule has 0 fully saturated rings. The summed E-state index contributed by atoms with van der Waals surface area (Å²) in [5.41, 5.74) is 5.49. The minimum atomic E-state index is 0.111. The predicted octanol–water partition coefficient (Wildman–Crippen LogP) is 1.69. The van der Waals surface area contributed by atoms with E-state index in [2.05, 4.69) is 0 Å². The zero-order chi connectivity index (χ0) is 10.6. The van der Waals surface area contributed by atoms with Crippen LogP contribution in [0.2, 0.25) is 0 Å². The molecule has 4 heteroatoms. The maximum absolute atomic E-state index is 11.8. The van der Waals surface area contributed by atoms with Gasteiger partial charge in [0.15, 0.2) is 0 Å². The normalized spacial score (nSPS) is 10.2. The van der Waals surface area contributed by atoms with Crippen LogP contribution >= 0.6 is 11.3 Å². The fourth-order valence-corrected chi connectivity index (χ4v) is 2.12. The van der Waals surface area contributed by atoms with Gasteiger partial charge in [0, 0.05) is 24.5 Å². The number of rotatable bonds is 4. The molecule has 0 aliphatic heterocycles. The highest BCUT2D eigenvalue weighted by Gasteiger charge is 2.13. The Morgan fingerprint density at radius 1 is 1.43 bits per heavy atom.